The van der Waals surface area contributed by atoms with Gasteiger partial charge >= 0.3 is 0 Å². The van der Waals surface area contributed by atoms with Crippen LogP contribution in [-0.4, -0.2) is 0 Å². The lowest BCUT2D eigenvalue weighted by Crippen LogP contribution is -1.66. The van der Waals surface area contributed by atoms with Crippen LogP contribution in [0.4, 0.5) is 0 Å². The Morgan fingerprint density at radius 3 is 1.40 bits per heavy atom. The van der Waals surface area contributed by atoms with Crippen LogP contribution in [-0.2, 0) is 0 Å². The molecular formula is C25H23-. The summed E-state index contributed by atoms with van der Waals surface area (Å²) in [5.41, 5.74) is 2.41. The fourth-order valence-corrected chi connectivity index (χ4v) is 2.04. The highest BCUT2D eigenvalue weighted by Crippen LogP contribution is 2.01. The highest BCUT2D eigenvalue weighted by Gasteiger charge is 1.79. The molecule has 0 bridgehead atoms. The monoisotopic (exact) mass is 323 g/mol. The average Bonchev–Trinajstić information content (AvgIpc) is 2.67. The number of hydrogen-bond acceptors (Lipinski definition) is 0. The Morgan fingerprint density at radius 1 is 0.440 bits per heavy atom. The van der Waals surface area contributed by atoms with E-state index in [4.69, 9.17) is 0 Å². The molecule has 0 aromatic heterocycles. The molecule has 0 N–H and O–H groups in total. The highest BCUT2D eigenvalue weighted by molar-refractivity contribution is 5.51. The van der Waals surface area contributed by atoms with Crippen molar-refractivity contribution in [2.75, 3.05) is 0 Å². The summed E-state index contributed by atoms with van der Waals surface area (Å²) in [6, 6.07) is 20.5. The third kappa shape index (κ3) is 8.83. The molecule has 124 valence electrons. The SMILES string of the molecule is C(/C=C/C=C/c1ccccc1)=C\C=C\[CH-]/C=C/C=C/c1ccccc1. The van der Waals surface area contributed by atoms with Gasteiger partial charge < -0.3 is 0 Å². The Bertz CT molecular complexity index is 754. The molecule has 0 radical (unpaired) electrons. The molecule has 0 saturated heterocycles. The summed E-state index contributed by atoms with van der Waals surface area (Å²) >= 11 is 0. The molecule has 0 aliphatic carbocycles. The number of hydrogen-bond donors (Lipinski definition) is 0. The van der Waals surface area contributed by atoms with E-state index in [2.05, 4.69) is 36.4 Å². The normalized spacial score (nSPS) is 12.6. The summed E-state index contributed by atoms with van der Waals surface area (Å²) in [7, 11) is 0. The Balaban J connectivity index is 1.61. The van der Waals surface area contributed by atoms with E-state index in [9.17, 15) is 0 Å². The van der Waals surface area contributed by atoms with Crippen LogP contribution in [0.2, 0.25) is 0 Å². The third-order valence-corrected chi connectivity index (χ3v) is 3.29. The Labute approximate surface area is 151 Å². The van der Waals surface area contributed by atoms with Crippen molar-refractivity contribution < 1.29 is 0 Å². The van der Waals surface area contributed by atoms with Gasteiger partial charge in [-0.25, -0.2) is 0 Å². The Morgan fingerprint density at radius 2 is 0.840 bits per heavy atom. The minimum atomic E-state index is 1.21. The molecule has 2 aromatic rings. The molecule has 0 spiro atoms. The molecule has 0 fully saturated rings. The molecule has 0 unspecified atom stereocenters. The first-order valence-electron chi connectivity index (χ1n) is 8.40. The van der Waals surface area contributed by atoms with Gasteiger partial charge in [0.05, 0.1) is 0 Å². The predicted molar refractivity (Wildman–Crippen MR) is 112 cm³/mol. The van der Waals surface area contributed by atoms with Crippen molar-refractivity contribution in [1.29, 1.82) is 0 Å². The van der Waals surface area contributed by atoms with Gasteiger partial charge in [0.25, 0.3) is 0 Å². The second-order valence-corrected chi connectivity index (χ2v) is 5.27. The minimum absolute atomic E-state index is 1.21. The van der Waals surface area contributed by atoms with Gasteiger partial charge in [0, 0.05) is 0 Å². The van der Waals surface area contributed by atoms with Gasteiger partial charge in [-0.15, -0.1) is 12.2 Å². The number of rotatable bonds is 8. The van der Waals surface area contributed by atoms with Crippen LogP contribution < -0.4 is 0 Å². The van der Waals surface area contributed by atoms with E-state index in [1.807, 2.05) is 104 Å². The van der Waals surface area contributed by atoms with E-state index in [-0.39, 0.29) is 0 Å². The summed E-state index contributed by atoms with van der Waals surface area (Å²) in [4.78, 5) is 0. The zero-order chi connectivity index (χ0) is 17.4. The second kappa shape index (κ2) is 12.2. The van der Waals surface area contributed by atoms with Gasteiger partial charge in [0.1, 0.15) is 0 Å². The maximum absolute atomic E-state index is 2.09. The molecule has 0 amide bonds. The first-order valence-corrected chi connectivity index (χ1v) is 8.40. The van der Waals surface area contributed by atoms with Crippen LogP contribution in [0.5, 0.6) is 0 Å². The van der Waals surface area contributed by atoms with Crippen molar-refractivity contribution in [2.45, 2.75) is 0 Å². The third-order valence-electron chi connectivity index (χ3n) is 3.29. The van der Waals surface area contributed by atoms with Crippen LogP contribution in [0.1, 0.15) is 11.1 Å². The van der Waals surface area contributed by atoms with Crippen molar-refractivity contribution in [3.05, 3.63) is 139 Å². The maximum atomic E-state index is 2.09. The van der Waals surface area contributed by atoms with Crippen molar-refractivity contribution in [3.8, 4) is 0 Å². The molecule has 0 heterocycles. The first-order chi connectivity index (χ1) is 12.4. The lowest BCUT2D eigenvalue weighted by molar-refractivity contribution is 1.66. The van der Waals surface area contributed by atoms with Crippen LogP contribution in [0.15, 0.2) is 121 Å². The van der Waals surface area contributed by atoms with Crippen molar-refractivity contribution in [3.63, 3.8) is 0 Å². The van der Waals surface area contributed by atoms with Crippen LogP contribution in [0.3, 0.4) is 0 Å². The van der Waals surface area contributed by atoms with Crippen molar-refractivity contribution in [1.82, 2.24) is 0 Å². The van der Waals surface area contributed by atoms with Crippen molar-refractivity contribution >= 4 is 12.2 Å². The summed E-state index contributed by atoms with van der Waals surface area (Å²) in [6.07, 6.45) is 26.4. The standard InChI is InChI=1S/C25H23/c1(2-4-6-8-12-18-24-20-14-10-15-21-24)3-5-7-9-13-19-25-22-16-11-17-23-25/h1-23H/q-1/b2-1+,5-3+,8-6+,9-7+,18-12+,19-13+. The Kier molecular flexibility index (Phi) is 8.83. The largest absolute Gasteiger partial charge is 0.172 e. The van der Waals surface area contributed by atoms with Gasteiger partial charge in [-0.3, -0.25) is 0 Å². The van der Waals surface area contributed by atoms with Crippen LogP contribution in [0, 0.1) is 6.42 Å². The van der Waals surface area contributed by atoms with E-state index in [0.717, 1.165) is 0 Å². The van der Waals surface area contributed by atoms with Crippen LogP contribution >= 0.6 is 0 Å². The van der Waals surface area contributed by atoms with Crippen LogP contribution in [0.25, 0.3) is 12.2 Å². The lowest BCUT2D eigenvalue weighted by Gasteiger charge is -1.91. The van der Waals surface area contributed by atoms with E-state index in [0.29, 0.717) is 0 Å². The maximum Gasteiger partial charge on any atom is -0.0257 e. The first kappa shape index (κ1) is 18.1. The molecule has 25 heavy (non-hydrogen) atoms. The van der Waals surface area contributed by atoms with E-state index < -0.39 is 0 Å². The fraction of sp³-hybridized carbons (Fsp3) is 0. The molecular weight excluding hydrogens is 300 g/mol. The smallest absolute Gasteiger partial charge is 0.0257 e. The minimum Gasteiger partial charge on any atom is -0.172 e. The highest BCUT2D eigenvalue weighted by atomic mass is 13.9. The molecule has 0 nitrogen and oxygen atoms in total. The molecule has 0 aliphatic rings. The summed E-state index contributed by atoms with van der Waals surface area (Å²) in [5.74, 6) is 0. The number of benzene rings is 2. The zero-order valence-corrected chi connectivity index (χ0v) is 14.3. The van der Waals surface area contributed by atoms with E-state index in [1.54, 1.807) is 0 Å². The van der Waals surface area contributed by atoms with Gasteiger partial charge in [-0.1, -0.05) is 97.1 Å². The predicted octanol–water partition coefficient (Wildman–Crippen LogP) is 6.84. The van der Waals surface area contributed by atoms with E-state index in [1.165, 1.54) is 11.1 Å². The quantitative estimate of drug-likeness (QED) is 0.368. The number of allylic oxidation sites excluding steroid dienone is 10. The molecule has 0 atom stereocenters. The summed E-state index contributed by atoms with van der Waals surface area (Å²) in [5, 5.41) is 0. The van der Waals surface area contributed by atoms with Gasteiger partial charge in [0.2, 0.25) is 0 Å². The zero-order valence-electron chi connectivity index (χ0n) is 14.3. The second-order valence-electron chi connectivity index (χ2n) is 5.27. The van der Waals surface area contributed by atoms with Gasteiger partial charge in [-0.2, -0.15) is 30.7 Å². The lowest BCUT2D eigenvalue weighted by atomic mass is 10.2. The summed E-state index contributed by atoms with van der Waals surface area (Å²) in [6.45, 7) is 0. The average molecular weight is 323 g/mol. The molecule has 2 aromatic carbocycles. The molecule has 0 saturated carbocycles. The fourth-order valence-electron chi connectivity index (χ4n) is 2.04. The van der Waals surface area contributed by atoms with Gasteiger partial charge in [0.15, 0.2) is 0 Å². The van der Waals surface area contributed by atoms with E-state index >= 15 is 0 Å². The summed E-state index contributed by atoms with van der Waals surface area (Å²) < 4.78 is 0. The Hall–Kier alpha value is -3.25. The van der Waals surface area contributed by atoms with Crippen molar-refractivity contribution in [2.24, 2.45) is 0 Å². The van der Waals surface area contributed by atoms with Gasteiger partial charge in [-0.05, 0) is 11.1 Å². The topological polar surface area (TPSA) is 0 Å². The molecule has 0 heteroatoms. The molecule has 2 rings (SSSR count). The molecule has 0 aliphatic heterocycles.